The number of imidazole rings is 1. The molecule has 0 saturated carbocycles. The number of aromatic nitrogens is 4. The van der Waals surface area contributed by atoms with Gasteiger partial charge >= 0.3 is 115 Å². The Morgan fingerprint density at radius 3 is 2.74 bits per heavy atom. The summed E-state index contributed by atoms with van der Waals surface area (Å²) < 4.78 is 7.54. The molecule has 3 heterocycles. The van der Waals surface area contributed by atoms with Crippen LogP contribution in [-0.2, 0) is 4.74 Å². The molecular weight excluding hydrogens is 319 g/mol. The molecule has 0 aromatic carbocycles. The predicted octanol–water partition coefficient (Wildman–Crippen LogP) is -2.77. The van der Waals surface area contributed by atoms with Crippen LogP contribution in [0.2, 0.25) is 0 Å². The summed E-state index contributed by atoms with van der Waals surface area (Å²) in [6, 6.07) is 0. The van der Waals surface area contributed by atoms with Crippen molar-refractivity contribution in [3.05, 3.63) is 12.7 Å². The Kier molecular flexibility index (Phi) is 3.25. The van der Waals surface area contributed by atoms with Gasteiger partial charge in [0.25, 0.3) is 0 Å². The molecule has 0 aliphatic carbocycles. The third-order valence-corrected chi connectivity index (χ3v) is 3.74. The zero-order chi connectivity index (χ0) is 13.6. The van der Waals surface area contributed by atoms with Crippen molar-refractivity contribution in [2.45, 2.75) is 24.5 Å². The van der Waals surface area contributed by atoms with E-state index in [9.17, 15) is 10.2 Å². The monoisotopic (exact) mass is 331 g/mol. The van der Waals surface area contributed by atoms with Gasteiger partial charge < -0.3 is 0 Å². The van der Waals surface area contributed by atoms with Crippen molar-refractivity contribution in [3.63, 3.8) is 0 Å². The van der Waals surface area contributed by atoms with Crippen LogP contribution in [-0.4, -0.2) is 75.8 Å². The fraction of sp³-hybridized carbons (Fsp3) is 0.500. The van der Waals surface area contributed by atoms with E-state index in [2.05, 4.69) is 31.0 Å². The number of aliphatic hydroxyl groups is 3. The summed E-state index contributed by atoms with van der Waals surface area (Å²) in [6.07, 6.45) is -1.15. The van der Waals surface area contributed by atoms with Gasteiger partial charge in [-0.3, -0.25) is 0 Å². The van der Waals surface area contributed by atoms with E-state index in [1.165, 1.54) is 17.2 Å². The summed E-state index contributed by atoms with van der Waals surface area (Å²) in [5, 5.41) is 28.8. The van der Waals surface area contributed by atoms with Gasteiger partial charge in [-0.25, -0.2) is 0 Å². The van der Waals surface area contributed by atoms with E-state index in [1.807, 2.05) is 0 Å². The van der Waals surface area contributed by atoms with Crippen LogP contribution in [0.15, 0.2) is 12.7 Å². The molecule has 0 spiro atoms. The van der Waals surface area contributed by atoms with Crippen LogP contribution in [0.25, 0.3) is 11.2 Å². The van der Waals surface area contributed by atoms with Crippen LogP contribution < -0.4 is 4.59 Å². The normalized spacial score (nSPS) is 31.1. The van der Waals surface area contributed by atoms with E-state index in [0.29, 0.717) is 15.8 Å². The molecule has 0 unspecified atom stereocenters. The van der Waals surface area contributed by atoms with Crippen LogP contribution in [0.4, 0.5) is 0 Å². The molecule has 1 radical (unpaired) electrons. The van der Waals surface area contributed by atoms with E-state index >= 15 is 0 Å². The van der Waals surface area contributed by atoms with Gasteiger partial charge in [-0.15, -0.1) is 0 Å². The summed E-state index contributed by atoms with van der Waals surface area (Å²) in [5.41, 5.74) is 1.04. The van der Waals surface area contributed by atoms with E-state index in [0.717, 1.165) is 0 Å². The predicted molar refractivity (Wildman–Crippen MR) is 63.7 cm³/mol. The molecular formula is C10H11N4O4Se. The number of fused-ring (bicyclic) bond motifs is 1. The molecule has 1 aliphatic heterocycles. The second-order valence-electron chi connectivity index (χ2n) is 4.23. The van der Waals surface area contributed by atoms with Crippen molar-refractivity contribution in [3.8, 4) is 0 Å². The van der Waals surface area contributed by atoms with Crippen LogP contribution in [0.3, 0.4) is 0 Å². The molecule has 1 saturated heterocycles. The molecule has 1 fully saturated rings. The average Bonchev–Trinajstić information content (AvgIpc) is 2.94. The maximum atomic E-state index is 9.97. The first-order valence-electron chi connectivity index (χ1n) is 5.60. The standard InChI is InChI=1S/C10H11N4O4Se/c15-1-4-6(16)7(17)10(18-4)14-3-13-5-8(14)11-2-12-9(5)19/h2-4,6-7,10,15-17H,1H2/t4-,6-,7+,10+/m0/s1. The van der Waals surface area contributed by atoms with E-state index in [4.69, 9.17) is 9.84 Å². The first kappa shape index (κ1) is 12.9. The minimum absolute atomic E-state index is 0.372. The molecule has 2 aromatic heterocycles. The van der Waals surface area contributed by atoms with Gasteiger partial charge in [0, 0.05) is 0 Å². The Labute approximate surface area is 115 Å². The van der Waals surface area contributed by atoms with Gasteiger partial charge in [0.15, 0.2) is 0 Å². The summed E-state index contributed by atoms with van der Waals surface area (Å²) in [4.78, 5) is 12.2. The Balaban J connectivity index is 2.04. The molecule has 101 valence electrons. The number of hydrogen-bond acceptors (Lipinski definition) is 7. The van der Waals surface area contributed by atoms with Gasteiger partial charge in [-0.2, -0.15) is 0 Å². The first-order chi connectivity index (χ1) is 9.13. The number of aliphatic hydroxyl groups excluding tert-OH is 3. The zero-order valence-electron chi connectivity index (χ0n) is 9.62. The van der Waals surface area contributed by atoms with Crippen molar-refractivity contribution in [2.24, 2.45) is 0 Å². The molecule has 3 rings (SSSR count). The molecule has 0 amide bonds. The Hall–Kier alpha value is -1.09. The Morgan fingerprint density at radius 1 is 1.26 bits per heavy atom. The molecule has 1 aliphatic rings. The van der Waals surface area contributed by atoms with Gasteiger partial charge in [0.2, 0.25) is 0 Å². The maximum absolute atomic E-state index is 9.97. The minimum atomic E-state index is -1.16. The summed E-state index contributed by atoms with van der Waals surface area (Å²) in [6.45, 7) is -0.372. The van der Waals surface area contributed by atoms with Crippen LogP contribution in [0, 0.1) is 0 Å². The van der Waals surface area contributed by atoms with E-state index in [-0.39, 0.29) is 6.61 Å². The average molecular weight is 330 g/mol. The van der Waals surface area contributed by atoms with Crippen molar-refractivity contribution in [1.29, 1.82) is 0 Å². The molecule has 9 heteroatoms. The van der Waals surface area contributed by atoms with Crippen LogP contribution >= 0.6 is 0 Å². The molecule has 8 nitrogen and oxygen atoms in total. The molecule has 19 heavy (non-hydrogen) atoms. The summed E-state index contributed by atoms with van der Waals surface area (Å²) in [7, 11) is 0. The van der Waals surface area contributed by atoms with Crippen molar-refractivity contribution in [2.75, 3.05) is 6.61 Å². The van der Waals surface area contributed by atoms with Gasteiger partial charge in [0.1, 0.15) is 0 Å². The fourth-order valence-electron chi connectivity index (χ4n) is 2.13. The fourth-order valence-corrected chi connectivity index (χ4v) is 2.53. The zero-order valence-corrected chi connectivity index (χ0v) is 11.3. The third-order valence-electron chi connectivity index (χ3n) is 3.12. The number of ether oxygens (including phenoxy) is 1. The second kappa shape index (κ2) is 4.78. The number of rotatable bonds is 2. The molecule has 3 N–H and O–H groups in total. The molecule has 2 aromatic rings. The van der Waals surface area contributed by atoms with Gasteiger partial charge in [0.05, 0.1) is 0 Å². The summed E-state index contributed by atoms with van der Waals surface area (Å²) in [5.74, 6) is 0. The van der Waals surface area contributed by atoms with E-state index in [1.54, 1.807) is 0 Å². The van der Waals surface area contributed by atoms with Crippen molar-refractivity contribution in [1.82, 2.24) is 19.5 Å². The van der Waals surface area contributed by atoms with E-state index < -0.39 is 24.5 Å². The van der Waals surface area contributed by atoms with Crippen LogP contribution in [0.5, 0.6) is 0 Å². The topological polar surface area (TPSA) is 114 Å². The molecule has 0 bridgehead atoms. The number of nitrogens with zero attached hydrogens (tertiary/aromatic N) is 4. The molecule has 4 atom stereocenters. The Morgan fingerprint density at radius 2 is 2.05 bits per heavy atom. The van der Waals surface area contributed by atoms with Crippen LogP contribution in [0.1, 0.15) is 6.23 Å². The van der Waals surface area contributed by atoms with Gasteiger partial charge in [-0.1, -0.05) is 0 Å². The first-order valence-corrected chi connectivity index (χ1v) is 6.46. The van der Waals surface area contributed by atoms with Crippen molar-refractivity contribution < 1.29 is 20.1 Å². The third kappa shape index (κ3) is 1.95. The Bertz CT molecular complexity index is 606. The quantitative estimate of drug-likeness (QED) is 0.511. The number of hydrogen-bond donors (Lipinski definition) is 3. The van der Waals surface area contributed by atoms with Gasteiger partial charge in [-0.05, 0) is 0 Å². The summed E-state index contributed by atoms with van der Waals surface area (Å²) >= 11 is 2.77. The van der Waals surface area contributed by atoms with Crippen molar-refractivity contribution >= 4 is 31.8 Å². The SMILES string of the molecule is OC[C@@H]1O[C@@H](n2cnc3c([Se])ncnc32)[C@H](O)[C@H]1O. The second-order valence-corrected chi connectivity index (χ2v) is 5.04.